The van der Waals surface area contributed by atoms with Crippen LogP contribution < -0.4 is 5.32 Å². The van der Waals surface area contributed by atoms with Gasteiger partial charge in [0.2, 0.25) is 0 Å². The van der Waals surface area contributed by atoms with Gasteiger partial charge in [-0.15, -0.1) is 0 Å². The van der Waals surface area contributed by atoms with Gasteiger partial charge in [0.05, 0.1) is 5.52 Å². The molecule has 3 heteroatoms. The van der Waals surface area contributed by atoms with Crippen molar-refractivity contribution >= 4 is 10.9 Å². The summed E-state index contributed by atoms with van der Waals surface area (Å²) in [5, 5.41) is 4.74. The summed E-state index contributed by atoms with van der Waals surface area (Å²) in [6.07, 6.45) is 3.19. The van der Waals surface area contributed by atoms with Crippen molar-refractivity contribution in [2.75, 3.05) is 19.6 Å². The standard InChI is InChI=1S/C16H21N3/c1-2-19(14-8-9-17-11-14)12-13-7-10-18-16-6-4-3-5-15(13)16/h3-7,10,14,17H,2,8-9,11-12H2,1H3. The Morgan fingerprint density at radius 1 is 1.32 bits per heavy atom. The fourth-order valence-corrected chi connectivity index (χ4v) is 2.96. The highest BCUT2D eigenvalue weighted by molar-refractivity contribution is 5.81. The highest BCUT2D eigenvalue weighted by Crippen LogP contribution is 2.20. The van der Waals surface area contributed by atoms with Crippen LogP contribution in [0.4, 0.5) is 0 Å². The molecule has 0 radical (unpaired) electrons. The smallest absolute Gasteiger partial charge is 0.0705 e. The lowest BCUT2D eigenvalue weighted by Crippen LogP contribution is -2.36. The van der Waals surface area contributed by atoms with Gasteiger partial charge in [0, 0.05) is 30.7 Å². The summed E-state index contributed by atoms with van der Waals surface area (Å²) < 4.78 is 0. The Balaban J connectivity index is 1.87. The molecule has 0 spiro atoms. The van der Waals surface area contributed by atoms with Gasteiger partial charge in [0.25, 0.3) is 0 Å². The van der Waals surface area contributed by atoms with Gasteiger partial charge in [-0.25, -0.2) is 0 Å². The third-order valence-corrected chi connectivity index (χ3v) is 4.07. The normalized spacial score (nSPS) is 19.4. The maximum absolute atomic E-state index is 4.44. The second-order valence-electron chi connectivity index (χ2n) is 5.20. The predicted octanol–water partition coefficient (Wildman–Crippen LogP) is 2.42. The fourth-order valence-electron chi connectivity index (χ4n) is 2.96. The van der Waals surface area contributed by atoms with Gasteiger partial charge >= 0.3 is 0 Å². The molecule has 2 aromatic rings. The molecule has 1 aromatic carbocycles. The maximum atomic E-state index is 4.44. The van der Waals surface area contributed by atoms with E-state index in [4.69, 9.17) is 0 Å². The van der Waals surface area contributed by atoms with E-state index in [1.807, 2.05) is 6.20 Å². The molecule has 1 aliphatic heterocycles. The van der Waals surface area contributed by atoms with Gasteiger partial charge < -0.3 is 5.32 Å². The molecule has 1 N–H and O–H groups in total. The third-order valence-electron chi connectivity index (χ3n) is 4.07. The lowest BCUT2D eigenvalue weighted by molar-refractivity contribution is 0.211. The Labute approximate surface area is 114 Å². The maximum Gasteiger partial charge on any atom is 0.0705 e. The van der Waals surface area contributed by atoms with Crippen molar-refractivity contribution in [3.05, 3.63) is 42.1 Å². The zero-order chi connectivity index (χ0) is 13.1. The second-order valence-corrected chi connectivity index (χ2v) is 5.20. The highest BCUT2D eigenvalue weighted by Gasteiger charge is 2.21. The van der Waals surface area contributed by atoms with Crippen molar-refractivity contribution in [2.45, 2.75) is 25.9 Å². The number of fused-ring (bicyclic) bond motifs is 1. The first-order valence-electron chi connectivity index (χ1n) is 7.16. The Hall–Kier alpha value is -1.45. The summed E-state index contributed by atoms with van der Waals surface area (Å²) in [7, 11) is 0. The average molecular weight is 255 g/mol. The number of nitrogens with zero attached hydrogens (tertiary/aromatic N) is 2. The van der Waals surface area contributed by atoms with Crippen LogP contribution in [0.15, 0.2) is 36.5 Å². The number of likely N-dealkylation sites (N-methyl/N-ethyl adjacent to an activating group) is 1. The van der Waals surface area contributed by atoms with Crippen molar-refractivity contribution < 1.29 is 0 Å². The molecule has 3 rings (SSSR count). The fraction of sp³-hybridized carbons (Fsp3) is 0.438. The monoisotopic (exact) mass is 255 g/mol. The molecule has 1 saturated heterocycles. The number of benzene rings is 1. The van der Waals surface area contributed by atoms with E-state index < -0.39 is 0 Å². The number of rotatable bonds is 4. The average Bonchev–Trinajstić information content (AvgIpc) is 2.99. The minimum absolute atomic E-state index is 0.678. The molecule has 0 amide bonds. The second kappa shape index (κ2) is 5.68. The topological polar surface area (TPSA) is 28.2 Å². The van der Waals surface area contributed by atoms with Gasteiger partial charge in [0.1, 0.15) is 0 Å². The Kier molecular flexibility index (Phi) is 3.76. The number of para-hydroxylation sites is 1. The summed E-state index contributed by atoms with van der Waals surface area (Å²) in [6, 6.07) is 11.3. The van der Waals surface area contributed by atoms with E-state index >= 15 is 0 Å². The van der Waals surface area contributed by atoms with Crippen LogP contribution >= 0.6 is 0 Å². The van der Waals surface area contributed by atoms with Gasteiger partial charge in [-0.1, -0.05) is 25.1 Å². The van der Waals surface area contributed by atoms with Crippen LogP contribution in [0.5, 0.6) is 0 Å². The van der Waals surface area contributed by atoms with Gasteiger partial charge in [-0.2, -0.15) is 0 Å². The van der Waals surface area contributed by atoms with Crippen molar-refractivity contribution in [1.29, 1.82) is 0 Å². The minimum Gasteiger partial charge on any atom is -0.315 e. The molecule has 2 heterocycles. The van der Waals surface area contributed by atoms with Crippen molar-refractivity contribution in [2.24, 2.45) is 0 Å². The van der Waals surface area contributed by atoms with Crippen LogP contribution in [0.25, 0.3) is 10.9 Å². The molecular formula is C16H21N3. The molecule has 0 bridgehead atoms. The van der Waals surface area contributed by atoms with E-state index in [0.29, 0.717) is 6.04 Å². The summed E-state index contributed by atoms with van der Waals surface area (Å²) in [5.74, 6) is 0. The molecule has 1 fully saturated rings. The zero-order valence-corrected chi connectivity index (χ0v) is 11.5. The van der Waals surface area contributed by atoms with Crippen molar-refractivity contribution in [3.8, 4) is 0 Å². The first-order chi connectivity index (χ1) is 9.38. The largest absolute Gasteiger partial charge is 0.315 e. The van der Waals surface area contributed by atoms with E-state index in [0.717, 1.165) is 31.7 Å². The lowest BCUT2D eigenvalue weighted by Gasteiger charge is -2.27. The SMILES string of the molecule is CCN(Cc1ccnc2ccccc12)C1CCNC1. The van der Waals surface area contributed by atoms with Crippen LogP contribution in [0.1, 0.15) is 18.9 Å². The minimum atomic E-state index is 0.678. The lowest BCUT2D eigenvalue weighted by atomic mass is 10.1. The quantitative estimate of drug-likeness (QED) is 0.909. The molecule has 0 aliphatic carbocycles. The highest BCUT2D eigenvalue weighted by atomic mass is 15.2. The molecule has 1 atom stereocenters. The van der Waals surface area contributed by atoms with E-state index in [9.17, 15) is 0 Å². The van der Waals surface area contributed by atoms with Crippen LogP contribution in [-0.2, 0) is 6.54 Å². The van der Waals surface area contributed by atoms with Gasteiger partial charge in [0.15, 0.2) is 0 Å². The van der Waals surface area contributed by atoms with Crippen LogP contribution in [0.3, 0.4) is 0 Å². The van der Waals surface area contributed by atoms with E-state index in [2.05, 4.69) is 52.5 Å². The summed E-state index contributed by atoms with van der Waals surface area (Å²) in [4.78, 5) is 7.01. The number of hydrogen-bond acceptors (Lipinski definition) is 3. The number of nitrogens with one attached hydrogen (secondary N) is 1. The Morgan fingerprint density at radius 3 is 3.00 bits per heavy atom. The third kappa shape index (κ3) is 2.62. The van der Waals surface area contributed by atoms with Crippen LogP contribution in [0.2, 0.25) is 0 Å². The number of aromatic nitrogens is 1. The summed E-state index contributed by atoms with van der Waals surface area (Å²) in [5.41, 5.74) is 2.49. The summed E-state index contributed by atoms with van der Waals surface area (Å²) in [6.45, 7) is 6.64. The van der Waals surface area contributed by atoms with E-state index in [-0.39, 0.29) is 0 Å². The Bertz CT molecular complexity index is 541. The van der Waals surface area contributed by atoms with E-state index in [1.54, 1.807) is 0 Å². The molecule has 1 aliphatic rings. The van der Waals surface area contributed by atoms with Gasteiger partial charge in [-0.05, 0) is 37.2 Å². The van der Waals surface area contributed by atoms with Gasteiger partial charge in [-0.3, -0.25) is 9.88 Å². The molecule has 1 aromatic heterocycles. The van der Waals surface area contributed by atoms with Crippen molar-refractivity contribution in [3.63, 3.8) is 0 Å². The molecule has 1 unspecified atom stereocenters. The molecule has 19 heavy (non-hydrogen) atoms. The molecule has 0 saturated carbocycles. The Morgan fingerprint density at radius 2 is 2.21 bits per heavy atom. The van der Waals surface area contributed by atoms with Crippen LogP contribution in [-0.4, -0.2) is 35.6 Å². The van der Waals surface area contributed by atoms with E-state index in [1.165, 1.54) is 17.4 Å². The summed E-state index contributed by atoms with van der Waals surface area (Å²) >= 11 is 0. The molecule has 3 nitrogen and oxygen atoms in total. The van der Waals surface area contributed by atoms with Crippen LogP contribution in [0, 0.1) is 0 Å². The number of hydrogen-bond donors (Lipinski definition) is 1. The zero-order valence-electron chi connectivity index (χ0n) is 11.5. The predicted molar refractivity (Wildman–Crippen MR) is 79.1 cm³/mol. The molecular weight excluding hydrogens is 234 g/mol. The van der Waals surface area contributed by atoms with Crippen molar-refractivity contribution in [1.82, 2.24) is 15.2 Å². The first kappa shape index (κ1) is 12.6. The number of pyridine rings is 1. The first-order valence-corrected chi connectivity index (χ1v) is 7.16. The molecule has 100 valence electrons.